The lowest BCUT2D eigenvalue weighted by Crippen LogP contribution is -2.42. The highest BCUT2D eigenvalue weighted by Gasteiger charge is 2.38. The molecule has 0 aromatic heterocycles. The van der Waals surface area contributed by atoms with Gasteiger partial charge in [-0.15, -0.1) is 0 Å². The fourth-order valence-corrected chi connectivity index (χ4v) is 5.22. The van der Waals surface area contributed by atoms with Gasteiger partial charge in [0.25, 0.3) is 0 Å². The number of halogens is 5. The second kappa shape index (κ2) is 15.4. The number of aryl methyl sites for hydroxylation is 1. The van der Waals surface area contributed by atoms with Gasteiger partial charge < -0.3 is 31.3 Å². The minimum absolute atomic E-state index is 0.0918. The summed E-state index contributed by atoms with van der Waals surface area (Å²) in [5.74, 6) is -3.70. The number of nitrogens with one attached hydrogen (secondary N) is 1. The molecule has 0 aliphatic heterocycles. The molecular weight excluding hydrogens is 608 g/mol. The van der Waals surface area contributed by atoms with Crippen molar-refractivity contribution in [1.82, 2.24) is 4.72 Å². The van der Waals surface area contributed by atoms with Crippen molar-refractivity contribution < 1.29 is 51.0 Å². The van der Waals surface area contributed by atoms with Crippen LogP contribution in [0.5, 0.6) is 5.75 Å². The van der Waals surface area contributed by atoms with Gasteiger partial charge in [-0.25, -0.2) is 13.2 Å². The normalized spacial score (nSPS) is 11.9. The Balaban J connectivity index is 0.00000101. The van der Waals surface area contributed by atoms with Gasteiger partial charge in [0.1, 0.15) is 23.3 Å². The van der Waals surface area contributed by atoms with Gasteiger partial charge in [0.15, 0.2) is 0 Å². The van der Waals surface area contributed by atoms with E-state index in [9.17, 15) is 31.5 Å². The third kappa shape index (κ3) is 12.1. The van der Waals surface area contributed by atoms with Gasteiger partial charge >= 0.3 is 18.1 Å². The molecule has 0 unspecified atom stereocenters. The van der Waals surface area contributed by atoms with Crippen LogP contribution in [0.3, 0.4) is 0 Å². The largest absolute Gasteiger partial charge is 0.493 e. The number of hydrogen-bond donors (Lipinski definition) is 5. The summed E-state index contributed by atoms with van der Waals surface area (Å²) in [6, 6.07) is 7.90. The molecule has 12 nitrogen and oxygen atoms in total. The standard InChI is InChI=1S/C20H24Cl2N4O6S.C2HF3O2/c1-12-9-14(21)11-16(22)18(12)33(29,30)26-17(19(27)28)10-13-3-5-15(6-4-13)31-7-2-8-32-25-20(23)24;3-2(4,5)1(6)7/h3-6,9,11,17,26H,2,7-8,10H2,1H3,(H,27,28)(H4,23,24,25);(H,6,7)/t17-;/m0./s1. The summed E-state index contributed by atoms with van der Waals surface area (Å²) in [4.78, 5) is 25.3. The molecule has 0 aliphatic carbocycles. The predicted molar refractivity (Wildman–Crippen MR) is 139 cm³/mol. The number of nitrogens with zero attached hydrogens (tertiary/aromatic N) is 1. The molecule has 2 rings (SSSR count). The summed E-state index contributed by atoms with van der Waals surface area (Å²) >= 11 is 11.9. The number of rotatable bonds is 12. The van der Waals surface area contributed by atoms with Crippen molar-refractivity contribution in [1.29, 1.82) is 0 Å². The van der Waals surface area contributed by atoms with E-state index in [1.165, 1.54) is 19.1 Å². The Hall–Kier alpha value is -3.47. The molecule has 0 saturated carbocycles. The van der Waals surface area contributed by atoms with Crippen LogP contribution in [0.2, 0.25) is 10.0 Å². The molecular formula is C22H25Cl2F3N4O8S. The number of carbonyl (C=O) groups is 2. The number of alkyl halides is 3. The smallest absolute Gasteiger partial charge is 0.490 e. The second-order valence-electron chi connectivity index (χ2n) is 7.75. The average Bonchev–Trinajstić information content (AvgIpc) is 2.80. The Labute approximate surface area is 236 Å². The molecule has 2 aromatic carbocycles. The fraction of sp³-hybridized carbons (Fsp3) is 0.318. The molecule has 222 valence electrons. The molecule has 0 amide bonds. The van der Waals surface area contributed by atoms with Crippen LogP contribution in [0.1, 0.15) is 17.5 Å². The van der Waals surface area contributed by atoms with Crippen LogP contribution in [0.4, 0.5) is 13.2 Å². The van der Waals surface area contributed by atoms with Gasteiger partial charge in [-0.2, -0.15) is 17.9 Å². The van der Waals surface area contributed by atoms with Crippen molar-refractivity contribution in [2.45, 2.75) is 36.9 Å². The Morgan fingerprint density at radius 1 is 1.10 bits per heavy atom. The van der Waals surface area contributed by atoms with Gasteiger partial charge in [-0.05, 0) is 53.9 Å². The lowest BCUT2D eigenvalue weighted by atomic mass is 10.1. The van der Waals surface area contributed by atoms with Crippen LogP contribution in [-0.4, -0.2) is 62.0 Å². The van der Waals surface area contributed by atoms with Crippen molar-refractivity contribution in [2.75, 3.05) is 13.2 Å². The number of oxime groups is 1. The highest BCUT2D eigenvalue weighted by molar-refractivity contribution is 7.89. The van der Waals surface area contributed by atoms with E-state index in [4.69, 9.17) is 54.1 Å². The van der Waals surface area contributed by atoms with E-state index < -0.39 is 34.2 Å². The highest BCUT2D eigenvalue weighted by atomic mass is 35.5. The van der Waals surface area contributed by atoms with Gasteiger partial charge in [-0.1, -0.05) is 35.3 Å². The molecule has 7 N–H and O–H groups in total. The second-order valence-corrected chi connectivity index (χ2v) is 10.2. The van der Waals surface area contributed by atoms with Gasteiger partial charge in [0.2, 0.25) is 16.0 Å². The van der Waals surface area contributed by atoms with Crippen LogP contribution < -0.4 is 20.9 Å². The maximum absolute atomic E-state index is 12.8. The lowest BCUT2D eigenvalue weighted by molar-refractivity contribution is -0.192. The first-order valence-electron chi connectivity index (χ1n) is 10.9. The minimum atomic E-state index is -5.08. The Bertz CT molecular complexity index is 1280. The number of sulfonamides is 1. The van der Waals surface area contributed by atoms with E-state index in [1.54, 1.807) is 24.3 Å². The molecule has 0 bridgehead atoms. The zero-order valence-corrected chi connectivity index (χ0v) is 22.9. The van der Waals surface area contributed by atoms with E-state index in [1.807, 2.05) is 0 Å². The predicted octanol–water partition coefficient (Wildman–Crippen LogP) is 2.88. The minimum Gasteiger partial charge on any atom is -0.493 e. The highest BCUT2D eigenvalue weighted by Crippen LogP contribution is 2.29. The molecule has 1 atom stereocenters. The summed E-state index contributed by atoms with van der Waals surface area (Å²) < 4.78 is 65.1. The first kappa shape index (κ1) is 34.6. The summed E-state index contributed by atoms with van der Waals surface area (Å²) in [5.41, 5.74) is 11.2. The number of aliphatic carboxylic acids is 2. The molecule has 0 saturated heterocycles. The SMILES string of the molecule is Cc1cc(Cl)cc(Cl)c1S(=O)(=O)N[C@@H](Cc1ccc(OCCCON=C(N)N)cc1)C(=O)O.O=C(O)C(F)(F)F. The van der Waals surface area contributed by atoms with E-state index in [0.717, 1.165) is 0 Å². The number of nitrogens with two attached hydrogens (primary N) is 2. The third-order valence-corrected chi connectivity index (χ3v) is 6.79. The zero-order chi connectivity index (χ0) is 30.7. The molecule has 0 heterocycles. The molecule has 2 aromatic rings. The molecule has 0 aliphatic rings. The number of carboxylic acids is 2. The monoisotopic (exact) mass is 632 g/mol. The fourth-order valence-electron chi connectivity index (χ4n) is 2.85. The number of hydrogen-bond acceptors (Lipinski definition) is 7. The van der Waals surface area contributed by atoms with Crippen molar-refractivity contribution >= 4 is 51.1 Å². The van der Waals surface area contributed by atoms with Crippen LogP contribution in [-0.2, 0) is 30.9 Å². The summed E-state index contributed by atoms with van der Waals surface area (Å²) in [6.07, 6.45) is -4.64. The van der Waals surface area contributed by atoms with Crippen LogP contribution >= 0.6 is 23.2 Å². The van der Waals surface area contributed by atoms with Crippen LogP contribution in [0.25, 0.3) is 0 Å². The van der Waals surface area contributed by atoms with E-state index >= 15 is 0 Å². The topological polar surface area (TPSA) is 204 Å². The Kier molecular flexibility index (Phi) is 13.3. The van der Waals surface area contributed by atoms with Gasteiger partial charge in [0.05, 0.1) is 11.6 Å². The van der Waals surface area contributed by atoms with Gasteiger partial charge in [-0.3, -0.25) is 4.79 Å². The number of benzene rings is 2. The summed E-state index contributed by atoms with van der Waals surface area (Å²) in [6.45, 7) is 2.14. The maximum atomic E-state index is 12.8. The van der Waals surface area contributed by atoms with Crippen molar-refractivity contribution in [3.05, 3.63) is 57.6 Å². The molecule has 0 fully saturated rings. The Morgan fingerprint density at radius 3 is 2.15 bits per heavy atom. The average molecular weight is 633 g/mol. The number of guanidine groups is 1. The van der Waals surface area contributed by atoms with E-state index in [0.29, 0.717) is 29.9 Å². The first-order chi connectivity index (χ1) is 18.4. The van der Waals surface area contributed by atoms with Crippen LogP contribution in [0, 0.1) is 6.92 Å². The van der Waals surface area contributed by atoms with E-state index in [-0.39, 0.29) is 33.9 Å². The lowest BCUT2D eigenvalue weighted by Gasteiger charge is -2.17. The van der Waals surface area contributed by atoms with Crippen molar-refractivity contribution in [3.63, 3.8) is 0 Å². The molecule has 18 heteroatoms. The van der Waals surface area contributed by atoms with Crippen molar-refractivity contribution in [2.24, 2.45) is 16.6 Å². The number of ether oxygens (including phenoxy) is 1. The van der Waals surface area contributed by atoms with Gasteiger partial charge in [0, 0.05) is 11.4 Å². The van der Waals surface area contributed by atoms with Crippen molar-refractivity contribution in [3.8, 4) is 5.75 Å². The number of carboxylic acid groups (broad SMARTS) is 2. The Morgan fingerprint density at radius 2 is 1.68 bits per heavy atom. The quantitative estimate of drug-likeness (QED) is 0.100. The zero-order valence-electron chi connectivity index (χ0n) is 20.6. The summed E-state index contributed by atoms with van der Waals surface area (Å²) in [7, 11) is -4.22. The maximum Gasteiger partial charge on any atom is 0.490 e. The van der Waals surface area contributed by atoms with Crippen LogP contribution in [0.15, 0.2) is 46.4 Å². The first-order valence-corrected chi connectivity index (χ1v) is 13.1. The molecule has 40 heavy (non-hydrogen) atoms. The van der Waals surface area contributed by atoms with E-state index in [2.05, 4.69) is 9.88 Å². The third-order valence-electron chi connectivity index (χ3n) is 4.48. The molecule has 0 spiro atoms. The summed E-state index contributed by atoms with van der Waals surface area (Å²) in [5, 5.41) is 20.3. The molecule has 0 radical (unpaired) electrons.